The molecule has 118 valence electrons. The molecule has 2 rings (SSSR count). The van der Waals surface area contributed by atoms with Crippen molar-refractivity contribution in [3.05, 3.63) is 0 Å². The second kappa shape index (κ2) is 5.82. The van der Waals surface area contributed by atoms with Crippen LogP contribution in [0.1, 0.15) is 19.3 Å². The summed E-state index contributed by atoms with van der Waals surface area (Å²) in [6, 6.07) is 0. The van der Waals surface area contributed by atoms with Crippen molar-refractivity contribution in [3.8, 4) is 0 Å². The molecule has 8 N–H and O–H groups in total. The number of hydrogen-bond acceptors (Lipinski definition) is 5. The second-order valence-corrected chi connectivity index (χ2v) is 6.28. The van der Waals surface area contributed by atoms with E-state index in [9.17, 15) is 9.90 Å². The minimum atomic E-state index is -1.38. The first-order chi connectivity index (χ1) is 9.75. The van der Waals surface area contributed by atoms with Gasteiger partial charge in [-0.1, -0.05) is 6.42 Å². The Bertz CT molecular complexity index is 435. The number of aliphatic carboxylic acids is 1. The average molecular weight is 298 g/mol. The fraction of sp³-hybridized carbons (Fsp3) is 0.833. The number of nitrogens with one attached hydrogen (secondary N) is 1. The van der Waals surface area contributed by atoms with Crippen molar-refractivity contribution in [1.82, 2.24) is 4.90 Å². The minimum Gasteiger partial charge on any atom is -0.480 e. The summed E-state index contributed by atoms with van der Waals surface area (Å²) >= 11 is 0. The molecule has 0 aromatic rings. The third-order valence-electron chi connectivity index (χ3n) is 4.99. The predicted octanol–water partition coefficient (Wildman–Crippen LogP) is -1.52. The van der Waals surface area contributed by atoms with E-state index in [0.717, 1.165) is 0 Å². The van der Waals surface area contributed by atoms with Crippen LogP contribution in [-0.2, 0) is 4.79 Å². The summed E-state index contributed by atoms with van der Waals surface area (Å²) in [7, 11) is -1.38. The standard InChI is InChI=1S/C12H23BN4O4/c14-11(15)17-5-7-4-12(16,10(18)19)9(8(7)6-17)2-1-3-13(20)21/h7-9,20-21H,1-6,16H2,(H3,14,15)(H,18,19)/t7-,8+,9-,12-/m0/s1. The number of nitrogens with two attached hydrogens (primary N) is 2. The van der Waals surface area contributed by atoms with Gasteiger partial charge < -0.3 is 31.5 Å². The Hall–Kier alpha value is -1.32. The third-order valence-corrected chi connectivity index (χ3v) is 4.99. The van der Waals surface area contributed by atoms with E-state index in [2.05, 4.69) is 0 Å². The fourth-order valence-electron chi connectivity index (χ4n) is 3.97. The van der Waals surface area contributed by atoms with E-state index in [1.54, 1.807) is 4.90 Å². The Labute approximate surface area is 123 Å². The molecule has 21 heavy (non-hydrogen) atoms. The molecule has 0 aromatic carbocycles. The van der Waals surface area contributed by atoms with E-state index in [0.29, 0.717) is 32.4 Å². The van der Waals surface area contributed by atoms with Crippen molar-refractivity contribution in [1.29, 1.82) is 5.41 Å². The van der Waals surface area contributed by atoms with Crippen LogP contribution >= 0.6 is 0 Å². The largest absolute Gasteiger partial charge is 0.480 e. The quantitative estimate of drug-likeness (QED) is 0.204. The molecule has 1 saturated carbocycles. The van der Waals surface area contributed by atoms with Crippen molar-refractivity contribution in [2.24, 2.45) is 29.2 Å². The molecule has 2 fully saturated rings. The number of carboxylic acids is 1. The third kappa shape index (κ3) is 2.99. The van der Waals surface area contributed by atoms with Crippen LogP contribution in [0.3, 0.4) is 0 Å². The molecule has 8 nitrogen and oxygen atoms in total. The number of likely N-dealkylation sites (tertiary alicyclic amines) is 1. The first-order valence-corrected chi connectivity index (χ1v) is 7.23. The molecule has 9 heteroatoms. The predicted molar refractivity (Wildman–Crippen MR) is 77.4 cm³/mol. The Morgan fingerprint density at radius 1 is 1.43 bits per heavy atom. The van der Waals surface area contributed by atoms with Crippen molar-refractivity contribution >= 4 is 19.0 Å². The summed E-state index contributed by atoms with van der Waals surface area (Å²) in [5.41, 5.74) is 10.4. The number of guanidine groups is 1. The number of carbonyl (C=O) groups is 1. The highest BCUT2D eigenvalue weighted by Gasteiger charge is 2.58. The first kappa shape index (κ1) is 16.1. The summed E-state index contributed by atoms with van der Waals surface area (Å²) in [4.78, 5) is 13.3. The van der Waals surface area contributed by atoms with Crippen LogP contribution in [0.2, 0.25) is 6.32 Å². The number of fused-ring (bicyclic) bond motifs is 1. The molecular weight excluding hydrogens is 275 g/mol. The van der Waals surface area contributed by atoms with Crippen LogP contribution in [0.4, 0.5) is 0 Å². The summed E-state index contributed by atoms with van der Waals surface area (Å²) in [6.07, 6.45) is 1.63. The van der Waals surface area contributed by atoms with Crippen LogP contribution in [0.5, 0.6) is 0 Å². The van der Waals surface area contributed by atoms with Gasteiger partial charge in [-0.2, -0.15) is 0 Å². The normalized spacial score (nSPS) is 34.8. The zero-order chi connectivity index (χ0) is 15.8. The molecule has 0 amide bonds. The van der Waals surface area contributed by atoms with Crippen molar-refractivity contribution in [2.45, 2.75) is 31.1 Å². The highest BCUT2D eigenvalue weighted by atomic mass is 16.4. The lowest BCUT2D eigenvalue weighted by Gasteiger charge is -2.31. The topological polar surface area (TPSA) is 157 Å². The van der Waals surface area contributed by atoms with Crippen molar-refractivity contribution in [2.75, 3.05) is 13.1 Å². The van der Waals surface area contributed by atoms with Crippen molar-refractivity contribution < 1.29 is 19.9 Å². The summed E-state index contributed by atoms with van der Waals surface area (Å²) in [6.45, 7) is 1.13. The number of nitrogens with zero attached hydrogens (tertiary/aromatic N) is 1. The molecule has 1 aliphatic carbocycles. The van der Waals surface area contributed by atoms with Crippen LogP contribution in [-0.4, -0.2) is 57.7 Å². The SMILES string of the molecule is N=C(N)N1C[C@@H]2C[C@@](N)(C(=O)O)[C@@H](CCCB(O)O)[C@@H]2C1. The van der Waals surface area contributed by atoms with Gasteiger partial charge >= 0.3 is 13.1 Å². The monoisotopic (exact) mass is 298 g/mol. The van der Waals surface area contributed by atoms with E-state index in [1.807, 2.05) is 0 Å². The van der Waals surface area contributed by atoms with Gasteiger partial charge in [-0.05, 0) is 36.9 Å². The molecule has 0 spiro atoms. The van der Waals surface area contributed by atoms with E-state index >= 15 is 0 Å². The Morgan fingerprint density at radius 2 is 2.10 bits per heavy atom. The zero-order valence-corrected chi connectivity index (χ0v) is 11.9. The molecule has 0 bridgehead atoms. The highest BCUT2D eigenvalue weighted by Crippen LogP contribution is 2.49. The summed E-state index contributed by atoms with van der Waals surface area (Å²) in [5.74, 6) is -1.01. The van der Waals surface area contributed by atoms with Gasteiger partial charge in [-0.3, -0.25) is 10.2 Å². The fourth-order valence-corrected chi connectivity index (χ4v) is 3.97. The van der Waals surface area contributed by atoms with Gasteiger partial charge in [0.1, 0.15) is 5.54 Å². The minimum absolute atomic E-state index is 0.00637. The molecular formula is C12H23BN4O4. The molecule has 4 atom stereocenters. The van der Waals surface area contributed by atoms with Gasteiger partial charge in [0.25, 0.3) is 0 Å². The lowest BCUT2D eigenvalue weighted by atomic mass is 9.76. The van der Waals surface area contributed by atoms with Crippen molar-refractivity contribution in [3.63, 3.8) is 0 Å². The summed E-state index contributed by atoms with van der Waals surface area (Å²) in [5, 5.41) is 34.8. The highest BCUT2D eigenvalue weighted by molar-refractivity contribution is 6.40. The Morgan fingerprint density at radius 3 is 2.62 bits per heavy atom. The smallest absolute Gasteiger partial charge is 0.451 e. The Kier molecular flexibility index (Phi) is 4.45. The lowest BCUT2D eigenvalue weighted by molar-refractivity contribution is -0.145. The van der Waals surface area contributed by atoms with E-state index in [1.165, 1.54) is 0 Å². The second-order valence-electron chi connectivity index (χ2n) is 6.28. The molecule has 0 radical (unpaired) electrons. The van der Waals surface area contributed by atoms with Gasteiger partial charge in [0.15, 0.2) is 5.96 Å². The molecule has 1 aliphatic heterocycles. The zero-order valence-electron chi connectivity index (χ0n) is 11.9. The maximum Gasteiger partial charge on any atom is 0.451 e. The number of rotatable bonds is 5. The van der Waals surface area contributed by atoms with Crippen LogP contribution in [0, 0.1) is 23.2 Å². The maximum atomic E-state index is 11.6. The van der Waals surface area contributed by atoms with Crippen LogP contribution in [0.25, 0.3) is 0 Å². The molecule has 1 heterocycles. The molecule has 1 saturated heterocycles. The van der Waals surface area contributed by atoms with E-state index < -0.39 is 18.6 Å². The van der Waals surface area contributed by atoms with Crippen LogP contribution < -0.4 is 11.5 Å². The van der Waals surface area contributed by atoms with Gasteiger partial charge in [0, 0.05) is 13.1 Å². The molecule has 0 unspecified atom stereocenters. The summed E-state index contributed by atoms with van der Waals surface area (Å²) < 4.78 is 0. The van der Waals surface area contributed by atoms with E-state index in [-0.39, 0.29) is 30.0 Å². The lowest BCUT2D eigenvalue weighted by Crippen LogP contribution is -2.53. The number of hydrogen-bond donors (Lipinski definition) is 6. The Balaban J connectivity index is 2.10. The first-order valence-electron chi connectivity index (χ1n) is 7.23. The molecule has 2 aliphatic rings. The van der Waals surface area contributed by atoms with Gasteiger partial charge in [0.2, 0.25) is 0 Å². The maximum absolute atomic E-state index is 11.6. The molecule has 0 aromatic heterocycles. The van der Waals surface area contributed by atoms with Gasteiger partial charge in [0.05, 0.1) is 0 Å². The number of carboxylic acid groups (broad SMARTS) is 1. The van der Waals surface area contributed by atoms with Crippen LogP contribution in [0.15, 0.2) is 0 Å². The van der Waals surface area contributed by atoms with Gasteiger partial charge in [-0.15, -0.1) is 0 Å². The van der Waals surface area contributed by atoms with E-state index in [4.69, 9.17) is 26.9 Å². The average Bonchev–Trinajstić information content (AvgIpc) is 2.87. The van der Waals surface area contributed by atoms with Gasteiger partial charge in [-0.25, -0.2) is 0 Å².